The Hall–Kier alpha value is -0.290. The van der Waals surface area contributed by atoms with Crippen LogP contribution in [0.3, 0.4) is 0 Å². The van der Waals surface area contributed by atoms with Crippen molar-refractivity contribution in [2.24, 2.45) is 11.8 Å². The number of aliphatic hydroxyl groups excluding tert-OH is 1. The Bertz CT molecular complexity index is 246. The number of hydrogen-bond donors (Lipinski definition) is 2. The van der Waals surface area contributed by atoms with Crippen LogP contribution in [0.15, 0.2) is 0 Å². The van der Waals surface area contributed by atoms with Gasteiger partial charge in [0.1, 0.15) is 0 Å². The predicted octanol–water partition coefficient (Wildman–Crippen LogP) is 3.49. The Morgan fingerprint density at radius 3 is 2.05 bits per heavy atom. The maximum atomic E-state index is 12.5. The maximum Gasteiger partial charge on any atom is 0.391 e. The van der Waals surface area contributed by atoms with Gasteiger partial charge in [0.05, 0.1) is 12.0 Å². The second-order valence-corrected chi connectivity index (χ2v) is 5.64. The second-order valence-electron chi connectivity index (χ2n) is 5.64. The van der Waals surface area contributed by atoms with Crippen LogP contribution in [-0.4, -0.2) is 30.0 Å². The lowest BCUT2D eigenvalue weighted by molar-refractivity contribution is -0.182. The van der Waals surface area contributed by atoms with E-state index in [0.29, 0.717) is 19.4 Å². The van der Waals surface area contributed by atoms with Gasteiger partial charge >= 0.3 is 6.18 Å². The minimum atomic E-state index is -4.04. The number of rotatable bonds is 6. The molecule has 2 nitrogen and oxygen atoms in total. The Labute approximate surface area is 113 Å². The first-order valence-corrected chi connectivity index (χ1v) is 7.36. The molecular formula is C14H26F3NO. The van der Waals surface area contributed by atoms with Crippen LogP contribution >= 0.6 is 0 Å². The largest absolute Gasteiger partial charge is 0.392 e. The van der Waals surface area contributed by atoms with Gasteiger partial charge in [-0.3, -0.25) is 0 Å². The van der Waals surface area contributed by atoms with Crippen molar-refractivity contribution in [2.75, 3.05) is 6.54 Å². The standard InChI is InChI=1S/C14H26F3NO/c1-3-10(4-2)13(19)9-18-12-7-5-11(6-8-12)14(15,16)17/h10-13,18-19H,3-9H2,1-2H3. The first-order chi connectivity index (χ1) is 8.88. The number of hydrogen-bond acceptors (Lipinski definition) is 2. The van der Waals surface area contributed by atoms with E-state index in [1.54, 1.807) is 0 Å². The number of aliphatic hydroxyl groups is 1. The average molecular weight is 281 g/mol. The monoisotopic (exact) mass is 281 g/mol. The predicted molar refractivity (Wildman–Crippen MR) is 69.9 cm³/mol. The van der Waals surface area contributed by atoms with Crippen molar-refractivity contribution in [1.29, 1.82) is 0 Å². The summed E-state index contributed by atoms with van der Waals surface area (Å²) in [4.78, 5) is 0. The van der Waals surface area contributed by atoms with E-state index in [9.17, 15) is 18.3 Å². The van der Waals surface area contributed by atoms with E-state index in [-0.39, 0.29) is 24.8 Å². The van der Waals surface area contributed by atoms with E-state index in [2.05, 4.69) is 5.32 Å². The van der Waals surface area contributed by atoms with Gasteiger partial charge in [-0.15, -0.1) is 0 Å². The molecule has 0 aliphatic heterocycles. The van der Waals surface area contributed by atoms with Crippen molar-refractivity contribution in [2.45, 2.75) is 70.7 Å². The van der Waals surface area contributed by atoms with Crippen LogP contribution in [0.2, 0.25) is 0 Å². The molecule has 0 radical (unpaired) electrons. The highest BCUT2D eigenvalue weighted by atomic mass is 19.4. The molecule has 0 aromatic carbocycles. The molecule has 1 atom stereocenters. The Morgan fingerprint density at radius 1 is 1.11 bits per heavy atom. The summed E-state index contributed by atoms with van der Waals surface area (Å²) >= 11 is 0. The molecular weight excluding hydrogens is 255 g/mol. The van der Waals surface area contributed by atoms with Gasteiger partial charge in [-0.25, -0.2) is 0 Å². The zero-order valence-corrected chi connectivity index (χ0v) is 11.8. The van der Waals surface area contributed by atoms with Gasteiger partial charge in [0.15, 0.2) is 0 Å². The third-order valence-corrected chi connectivity index (χ3v) is 4.40. The van der Waals surface area contributed by atoms with E-state index in [0.717, 1.165) is 12.8 Å². The van der Waals surface area contributed by atoms with Crippen LogP contribution in [0.5, 0.6) is 0 Å². The fourth-order valence-electron chi connectivity index (χ4n) is 2.91. The first-order valence-electron chi connectivity index (χ1n) is 7.36. The highest BCUT2D eigenvalue weighted by Gasteiger charge is 2.41. The van der Waals surface area contributed by atoms with E-state index >= 15 is 0 Å². The molecule has 0 bridgehead atoms. The topological polar surface area (TPSA) is 32.3 Å². The molecule has 19 heavy (non-hydrogen) atoms. The lowest BCUT2D eigenvalue weighted by atomic mass is 9.85. The molecule has 0 saturated heterocycles. The first kappa shape index (κ1) is 16.8. The Balaban J connectivity index is 2.26. The summed E-state index contributed by atoms with van der Waals surface area (Å²) in [7, 11) is 0. The molecule has 114 valence electrons. The molecule has 1 aliphatic carbocycles. The van der Waals surface area contributed by atoms with Crippen molar-refractivity contribution in [3.8, 4) is 0 Å². The maximum absolute atomic E-state index is 12.5. The lowest BCUT2D eigenvalue weighted by Gasteiger charge is -2.31. The van der Waals surface area contributed by atoms with Gasteiger partial charge in [-0.05, 0) is 31.6 Å². The van der Waals surface area contributed by atoms with Crippen molar-refractivity contribution < 1.29 is 18.3 Å². The van der Waals surface area contributed by atoms with Gasteiger partial charge in [-0.2, -0.15) is 13.2 Å². The summed E-state index contributed by atoms with van der Waals surface area (Å²) in [6.45, 7) is 4.59. The molecule has 0 aromatic heterocycles. The molecule has 1 unspecified atom stereocenters. The third-order valence-electron chi connectivity index (χ3n) is 4.40. The van der Waals surface area contributed by atoms with Crippen LogP contribution in [-0.2, 0) is 0 Å². The fourth-order valence-corrected chi connectivity index (χ4v) is 2.91. The molecule has 0 spiro atoms. The highest BCUT2D eigenvalue weighted by molar-refractivity contribution is 4.82. The molecule has 1 rings (SSSR count). The summed E-state index contributed by atoms with van der Waals surface area (Å²) in [5, 5.41) is 13.2. The Kier molecular flexibility index (Phi) is 6.60. The number of halogens is 3. The molecule has 1 fully saturated rings. The third kappa shape index (κ3) is 5.30. The molecule has 1 saturated carbocycles. The number of nitrogens with one attached hydrogen (secondary N) is 1. The molecule has 5 heteroatoms. The molecule has 0 amide bonds. The van der Waals surface area contributed by atoms with Gasteiger partial charge in [0.2, 0.25) is 0 Å². The normalized spacial score (nSPS) is 26.7. The Morgan fingerprint density at radius 2 is 1.63 bits per heavy atom. The van der Waals surface area contributed by atoms with Crippen molar-refractivity contribution in [3.05, 3.63) is 0 Å². The van der Waals surface area contributed by atoms with Gasteiger partial charge < -0.3 is 10.4 Å². The summed E-state index contributed by atoms with van der Waals surface area (Å²) in [5.74, 6) is -0.853. The second kappa shape index (κ2) is 7.48. The van der Waals surface area contributed by atoms with E-state index in [4.69, 9.17) is 0 Å². The summed E-state index contributed by atoms with van der Waals surface area (Å²) < 4.78 is 37.6. The van der Waals surface area contributed by atoms with Gasteiger partial charge in [0.25, 0.3) is 0 Å². The smallest absolute Gasteiger partial charge is 0.391 e. The van der Waals surface area contributed by atoms with Gasteiger partial charge in [-0.1, -0.05) is 26.7 Å². The van der Waals surface area contributed by atoms with Crippen LogP contribution < -0.4 is 5.32 Å². The van der Waals surface area contributed by atoms with Crippen LogP contribution in [0.1, 0.15) is 52.4 Å². The van der Waals surface area contributed by atoms with Crippen molar-refractivity contribution >= 4 is 0 Å². The quantitative estimate of drug-likeness (QED) is 0.781. The highest BCUT2D eigenvalue weighted by Crippen LogP contribution is 2.37. The van der Waals surface area contributed by atoms with E-state index < -0.39 is 18.2 Å². The molecule has 0 aromatic rings. The van der Waals surface area contributed by atoms with Crippen LogP contribution in [0, 0.1) is 11.8 Å². The summed E-state index contributed by atoms with van der Waals surface area (Å²) in [6, 6.07) is 0.127. The van der Waals surface area contributed by atoms with Crippen LogP contribution in [0.25, 0.3) is 0 Å². The SMILES string of the molecule is CCC(CC)C(O)CNC1CCC(C(F)(F)F)CC1. The number of alkyl halides is 3. The van der Waals surface area contributed by atoms with Crippen LogP contribution in [0.4, 0.5) is 13.2 Å². The molecule has 1 aliphatic rings. The minimum Gasteiger partial charge on any atom is -0.392 e. The fraction of sp³-hybridized carbons (Fsp3) is 1.00. The average Bonchev–Trinajstić information content (AvgIpc) is 2.37. The zero-order chi connectivity index (χ0) is 14.5. The summed E-state index contributed by atoms with van der Waals surface area (Å²) in [5.41, 5.74) is 0. The lowest BCUT2D eigenvalue weighted by Crippen LogP contribution is -2.41. The molecule has 0 heterocycles. The summed E-state index contributed by atoms with van der Waals surface area (Å²) in [6.07, 6.45) is -1.04. The molecule has 2 N–H and O–H groups in total. The van der Waals surface area contributed by atoms with E-state index in [1.807, 2.05) is 13.8 Å². The van der Waals surface area contributed by atoms with Crippen molar-refractivity contribution in [3.63, 3.8) is 0 Å². The van der Waals surface area contributed by atoms with Gasteiger partial charge in [0, 0.05) is 12.6 Å². The zero-order valence-electron chi connectivity index (χ0n) is 11.8. The van der Waals surface area contributed by atoms with E-state index in [1.165, 1.54) is 0 Å². The minimum absolute atomic E-state index is 0.127. The van der Waals surface area contributed by atoms with Crippen molar-refractivity contribution in [1.82, 2.24) is 5.32 Å².